The highest BCUT2D eigenvalue weighted by molar-refractivity contribution is 8.00. The van der Waals surface area contributed by atoms with E-state index in [0.717, 1.165) is 18.6 Å². The van der Waals surface area contributed by atoms with Crippen LogP contribution in [0.4, 0.5) is 4.79 Å². The van der Waals surface area contributed by atoms with Gasteiger partial charge in [-0.3, -0.25) is 48.6 Å². The Hall–Kier alpha value is -5.43. The van der Waals surface area contributed by atoms with Crippen molar-refractivity contribution in [1.29, 1.82) is 0 Å². The van der Waals surface area contributed by atoms with Crippen LogP contribution in [0.25, 0.3) is 0 Å². The zero-order valence-electron chi connectivity index (χ0n) is 36.2. The van der Waals surface area contributed by atoms with E-state index in [4.69, 9.17) is 22.4 Å². The largest absolute Gasteiger partial charge is 0.391 e. The summed E-state index contributed by atoms with van der Waals surface area (Å²) in [6, 6.07) is -3.76. The molecule has 0 radical (unpaired) electrons. The zero-order valence-corrected chi connectivity index (χ0v) is 37.0. The summed E-state index contributed by atoms with van der Waals surface area (Å²) in [4.78, 5) is 116. The van der Waals surface area contributed by atoms with Crippen LogP contribution >= 0.6 is 11.8 Å². The van der Waals surface area contributed by atoms with E-state index in [9.17, 15) is 48.3 Å². The maximum absolute atomic E-state index is 13.3. The highest BCUT2D eigenvalue weighted by Crippen LogP contribution is 2.33. The van der Waals surface area contributed by atoms with E-state index < -0.39 is 91.0 Å². The number of hydrogen-bond donors (Lipinski definition) is 14. The van der Waals surface area contributed by atoms with Crippen LogP contribution in [0.3, 0.4) is 0 Å². The predicted molar refractivity (Wildman–Crippen MR) is 231 cm³/mol. The number of fused-ring (bicyclic) bond motifs is 1. The second kappa shape index (κ2) is 28.3. The van der Waals surface area contributed by atoms with Gasteiger partial charge in [0.2, 0.25) is 47.3 Å². The van der Waals surface area contributed by atoms with Crippen molar-refractivity contribution in [3.8, 4) is 0 Å². The van der Waals surface area contributed by atoms with Gasteiger partial charge in [-0.05, 0) is 64.2 Å². The molecule has 2 fully saturated rings. The molecule has 0 aromatic heterocycles. The minimum Gasteiger partial charge on any atom is -0.391 e. The van der Waals surface area contributed by atoms with E-state index in [1.54, 1.807) is 13.8 Å². The second-order valence-electron chi connectivity index (χ2n) is 16.0. The molecule has 2 aliphatic heterocycles. The summed E-state index contributed by atoms with van der Waals surface area (Å²) < 4.78 is 0. The molecule has 2 saturated heterocycles. The normalized spacial score (nSPS) is 18.8. The summed E-state index contributed by atoms with van der Waals surface area (Å²) in [7, 11) is 0. The predicted octanol–water partition coefficient (Wildman–Crippen LogP) is -3.84. The number of primary amides is 1. The number of amides is 10. The minimum absolute atomic E-state index is 0.0468. The van der Waals surface area contributed by atoms with Gasteiger partial charge in [0.1, 0.15) is 18.1 Å². The molecule has 8 atom stereocenters. The third kappa shape index (κ3) is 21.0. The molecule has 25 heteroatoms. The molecule has 24 nitrogen and oxygen atoms in total. The molecule has 2 aliphatic rings. The van der Waals surface area contributed by atoms with Gasteiger partial charge in [-0.1, -0.05) is 20.3 Å². The quantitative estimate of drug-likeness (QED) is 0.00820. The molecule has 0 aromatic carbocycles. The van der Waals surface area contributed by atoms with Gasteiger partial charge < -0.3 is 64.8 Å². The lowest BCUT2D eigenvalue weighted by Crippen LogP contribution is -2.58. The summed E-state index contributed by atoms with van der Waals surface area (Å²) in [5.41, 5.74) is 17.7. The summed E-state index contributed by atoms with van der Waals surface area (Å²) >= 11 is 1.83. The van der Waals surface area contributed by atoms with Gasteiger partial charge in [0.05, 0.1) is 31.3 Å². The Morgan fingerprint density at radius 3 is 2.13 bits per heavy atom. The molecule has 2 rings (SSSR count). The topological polar surface area (TPSA) is 393 Å². The molecule has 10 amide bonds. The Labute approximate surface area is 370 Å². The molecule has 0 saturated carbocycles. The monoisotopic (exact) mass is 913 g/mol. The number of carbonyl (C=O) groups excluding carboxylic acids is 9. The van der Waals surface area contributed by atoms with Crippen LogP contribution in [0.2, 0.25) is 0 Å². The Balaban J connectivity index is 1.80. The van der Waals surface area contributed by atoms with Crippen molar-refractivity contribution in [3.05, 3.63) is 0 Å². The lowest BCUT2D eigenvalue weighted by atomic mass is 9.92. The number of nitrogens with one attached hydrogen (secondary N) is 9. The van der Waals surface area contributed by atoms with Crippen molar-refractivity contribution in [3.63, 3.8) is 0 Å². The molecule has 356 valence electrons. The maximum Gasteiger partial charge on any atom is 0.315 e. The number of thioether (sulfide) groups is 1. The number of nitrogens with two attached hydrogens (primary N) is 3. The number of nitrogens with zero attached hydrogens (tertiary/aromatic N) is 1. The lowest BCUT2D eigenvalue weighted by molar-refractivity contribution is -0.138. The minimum atomic E-state index is -1.57. The fourth-order valence-electron chi connectivity index (χ4n) is 6.96. The first-order valence-electron chi connectivity index (χ1n) is 21.2. The van der Waals surface area contributed by atoms with Gasteiger partial charge in [0.25, 0.3) is 0 Å². The van der Waals surface area contributed by atoms with Crippen molar-refractivity contribution in [2.75, 3.05) is 31.9 Å². The van der Waals surface area contributed by atoms with Gasteiger partial charge in [-0.2, -0.15) is 11.8 Å². The Kier molecular flexibility index (Phi) is 24.1. The first-order chi connectivity index (χ1) is 29.8. The van der Waals surface area contributed by atoms with Crippen LogP contribution < -0.4 is 65.2 Å². The number of hydrogen-bond acceptors (Lipinski definition) is 13. The third-order valence-corrected chi connectivity index (χ3v) is 11.7. The Morgan fingerprint density at radius 2 is 1.48 bits per heavy atom. The van der Waals surface area contributed by atoms with Gasteiger partial charge in [0.15, 0.2) is 5.96 Å². The average molecular weight is 914 g/mol. The Morgan fingerprint density at radius 1 is 0.778 bits per heavy atom. The fraction of sp³-hybridized carbons (Fsp3) is 0.737. The van der Waals surface area contributed by atoms with Crippen molar-refractivity contribution in [1.82, 2.24) is 48.0 Å². The van der Waals surface area contributed by atoms with Crippen LogP contribution in [-0.4, -0.2) is 143 Å². The van der Waals surface area contributed by atoms with Crippen LogP contribution in [0.5, 0.6) is 0 Å². The molecular weight excluding hydrogens is 847 g/mol. The fourth-order valence-corrected chi connectivity index (χ4v) is 8.50. The SMILES string of the molecule is CC(C)CC(CC(=O)NO)C(=O)N[C@H](C(=O)N[C@@H](CCCN=C(N)N)C(=O)NCC(=O)NCC(=O)N[C@@H](CCCCNC(=O)CCCC[C@@H]1SC[C@@H]2NC(=O)N[C@@H]21)C(N)=O)[C@@H](C)O. The van der Waals surface area contributed by atoms with E-state index in [1.165, 1.54) is 12.4 Å². The molecule has 0 aromatic rings. The summed E-state index contributed by atoms with van der Waals surface area (Å²) in [6.45, 7) is 4.09. The highest BCUT2D eigenvalue weighted by Gasteiger charge is 2.42. The summed E-state index contributed by atoms with van der Waals surface area (Å²) in [5, 5.41) is 40.4. The van der Waals surface area contributed by atoms with Crippen molar-refractivity contribution >= 4 is 71.0 Å². The van der Waals surface area contributed by atoms with Gasteiger partial charge >= 0.3 is 6.03 Å². The molecule has 17 N–H and O–H groups in total. The van der Waals surface area contributed by atoms with E-state index in [2.05, 4.69) is 47.5 Å². The van der Waals surface area contributed by atoms with Gasteiger partial charge in [-0.15, -0.1) is 0 Å². The standard InChI is InChI=1S/C38H67N13O11S/c1-20(2)15-22(16-28(54)51-62)34(58)49-31(21(3)52)36(60)47-24(10-8-14-43-37(40)41)35(59)45-17-29(55)44-18-30(56)46-23(33(39)57)9-6-7-13-42-27(53)12-5-4-11-26-32-25(19-63-26)48-38(61)50-32/h20-26,31-32,52,62H,4-19H2,1-3H3,(H2,39,57)(H,42,53)(H,44,55)(H,45,59)(H,46,56)(H,47,60)(H,49,58)(H,51,54)(H4,40,41,43)(H2,48,50,61)/t21-,22?,23+,24+,25+,26+,31+,32+/m1/s1. The van der Waals surface area contributed by atoms with Crippen molar-refractivity contribution < 1.29 is 53.5 Å². The van der Waals surface area contributed by atoms with Crippen LogP contribution in [0.1, 0.15) is 91.4 Å². The molecule has 0 aliphatic carbocycles. The molecule has 2 heterocycles. The van der Waals surface area contributed by atoms with Gasteiger partial charge in [-0.25, -0.2) is 10.3 Å². The van der Waals surface area contributed by atoms with Crippen LogP contribution in [0.15, 0.2) is 4.99 Å². The number of hydroxylamine groups is 1. The number of urea groups is 1. The first kappa shape index (κ1) is 53.7. The number of guanidine groups is 1. The maximum atomic E-state index is 13.3. The zero-order chi connectivity index (χ0) is 47.1. The molecular formula is C38H67N13O11S. The summed E-state index contributed by atoms with van der Waals surface area (Å²) in [5.74, 6) is -6.10. The van der Waals surface area contributed by atoms with E-state index in [0.29, 0.717) is 37.5 Å². The molecule has 1 unspecified atom stereocenters. The summed E-state index contributed by atoms with van der Waals surface area (Å²) in [6.07, 6.45) is 2.49. The van der Waals surface area contributed by atoms with E-state index in [1.807, 2.05) is 11.8 Å². The van der Waals surface area contributed by atoms with E-state index in [-0.39, 0.29) is 68.1 Å². The molecule has 0 bridgehead atoms. The smallest absolute Gasteiger partial charge is 0.315 e. The number of rotatable bonds is 30. The second-order valence-corrected chi connectivity index (χ2v) is 17.3. The number of carbonyl (C=O) groups is 9. The molecule has 0 spiro atoms. The number of aliphatic hydroxyl groups excluding tert-OH is 1. The first-order valence-corrected chi connectivity index (χ1v) is 22.2. The van der Waals surface area contributed by atoms with Crippen molar-refractivity contribution in [2.24, 2.45) is 34.0 Å². The highest BCUT2D eigenvalue weighted by atomic mass is 32.2. The van der Waals surface area contributed by atoms with Crippen molar-refractivity contribution in [2.45, 2.75) is 133 Å². The average Bonchev–Trinajstić information content (AvgIpc) is 3.77. The molecule has 63 heavy (non-hydrogen) atoms. The van der Waals surface area contributed by atoms with Crippen LogP contribution in [0, 0.1) is 11.8 Å². The third-order valence-electron chi connectivity index (χ3n) is 10.2. The number of aliphatic imine (C=N–C) groups is 1. The lowest BCUT2D eigenvalue weighted by Gasteiger charge is -2.26. The number of unbranched alkanes of at least 4 members (excludes halogenated alkanes) is 2. The number of aliphatic hydroxyl groups is 1. The van der Waals surface area contributed by atoms with Crippen LogP contribution in [-0.2, 0) is 38.4 Å². The van der Waals surface area contributed by atoms with E-state index >= 15 is 0 Å². The van der Waals surface area contributed by atoms with Gasteiger partial charge in [0, 0.05) is 42.9 Å². The Bertz CT molecular complexity index is 1620.